The normalized spacial score (nSPS) is 28.8. The summed E-state index contributed by atoms with van der Waals surface area (Å²) in [7, 11) is 0. The fourth-order valence-electron chi connectivity index (χ4n) is 6.81. The van der Waals surface area contributed by atoms with Crippen LogP contribution in [0, 0.1) is 11.8 Å². The van der Waals surface area contributed by atoms with Gasteiger partial charge >= 0.3 is 0 Å². The van der Waals surface area contributed by atoms with Crippen molar-refractivity contribution >= 4 is 17.7 Å². The molecule has 3 fully saturated rings. The Labute approximate surface area is 222 Å². The molecule has 0 aromatic carbocycles. The minimum atomic E-state index is -0.979. The van der Waals surface area contributed by atoms with Gasteiger partial charge in [-0.25, -0.2) is 0 Å². The van der Waals surface area contributed by atoms with E-state index in [9.17, 15) is 19.5 Å². The van der Waals surface area contributed by atoms with Gasteiger partial charge in [-0.15, -0.1) is 13.2 Å². The van der Waals surface area contributed by atoms with Gasteiger partial charge in [0, 0.05) is 38.8 Å². The highest BCUT2D eigenvalue weighted by molar-refractivity contribution is 5.99. The van der Waals surface area contributed by atoms with Crippen molar-refractivity contribution in [2.75, 3.05) is 32.8 Å². The first-order chi connectivity index (χ1) is 17.8. The van der Waals surface area contributed by atoms with Gasteiger partial charge in [0.15, 0.2) is 0 Å². The number of amides is 3. The molecule has 8 heteroatoms. The molecule has 3 unspecified atom stereocenters. The number of nitrogens with zero attached hydrogens (tertiary/aromatic N) is 3. The molecule has 0 aromatic heterocycles. The molecule has 3 amide bonds. The van der Waals surface area contributed by atoms with Crippen LogP contribution in [0.4, 0.5) is 0 Å². The van der Waals surface area contributed by atoms with Gasteiger partial charge in [0.1, 0.15) is 11.6 Å². The second-order valence-electron chi connectivity index (χ2n) is 10.9. The van der Waals surface area contributed by atoms with Crippen molar-refractivity contribution in [1.29, 1.82) is 0 Å². The van der Waals surface area contributed by atoms with E-state index < -0.39 is 23.5 Å². The number of hydrogen-bond acceptors (Lipinski definition) is 5. The number of aliphatic hydroxyl groups excluding tert-OH is 1. The highest BCUT2D eigenvalue weighted by Gasteiger charge is 2.74. The Morgan fingerprint density at radius 1 is 1.16 bits per heavy atom. The molecule has 6 atom stereocenters. The first-order valence-electron chi connectivity index (χ1n) is 14.2. The van der Waals surface area contributed by atoms with Gasteiger partial charge in [-0.3, -0.25) is 14.4 Å². The topological polar surface area (TPSA) is 90.4 Å². The van der Waals surface area contributed by atoms with Gasteiger partial charge in [0.2, 0.25) is 17.7 Å². The maximum Gasteiger partial charge on any atom is 0.248 e. The summed E-state index contributed by atoms with van der Waals surface area (Å²) in [5.41, 5.74) is -0.979. The minimum Gasteiger partial charge on any atom is -0.396 e. The van der Waals surface area contributed by atoms with Crippen molar-refractivity contribution in [3.63, 3.8) is 0 Å². The number of hydrogen-bond donors (Lipinski definition) is 1. The first-order valence-corrected chi connectivity index (χ1v) is 14.2. The van der Waals surface area contributed by atoms with Crippen molar-refractivity contribution in [2.45, 2.75) is 95.9 Å². The Kier molecular flexibility index (Phi) is 10.4. The van der Waals surface area contributed by atoms with Crippen LogP contribution in [0.25, 0.3) is 0 Å². The van der Waals surface area contributed by atoms with Gasteiger partial charge in [0.25, 0.3) is 0 Å². The van der Waals surface area contributed by atoms with Crippen LogP contribution in [0.2, 0.25) is 0 Å². The third-order valence-electron chi connectivity index (χ3n) is 8.38. The molecule has 1 spiro atoms. The highest BCUT2D eigenvalue weighted by Crippen LogP contribution is 2.59. The van der Waals surface area contributed by atoms with Crippen LogP contribution >= 0.6 is 0 Å². The predicted octanol–water partition coefficient (Wildman–Crippen LogP) is 3.15. The lowest BCUT2D eigenvalue weighted by molar-refractivity contribution is -0.150. The maximum absolute atomic E-state index is 14.3. The zero-order valence-electron chi connectivity index (χ0n) is 23.1. The summed E-state index contributed by atoms with van der Waals surface area (Å²) in [6.45, 7) is 15.8. The summed E-state index contributed by atoms with van der Waals surface area (Å²) in [5, 5.41) is 9.23. The van der Waals surface area contributed by atoms with Crippen LogP contribution in [0.1, 0.15) is 72.1 Å². The molecule has 8 nitrogen and oxygen atoms in total. The van der Waals surface area contributed by atoms with Crippen molar-refractivity contribution in [2.24, 2.45) is 11.8 Å². The fourth-order valence-corrected chi connectivity index (χ4v) is 6.81. The lowest BCUT2D eigenvalue weighted by Gasteiger charge is -2.39. The van der Waals surface area contributed by atoms with Crippen LogP contribution in [-0.2, 0) is 19.1 Å². The molecule has 3 aliphatic heterocycles. The fraction of sp³-hybridized carbons (Fsp3) is 0.759. The monoisotopic (exact) mass is 517 g/mol. The van der Waals surface area contributed by atoms with Crippen LogP contribution in [0.3, 0.4) is 0 Å². The van der Waals surface area contributed by atoms with E-state index in [1.807, 2.05) is 18.7 Å². The second-order valence-corrected chi connectivity index (χ2v) is 10.9. The SMILES string of the molecule is C=CCN(CCC)C(=O)[C@@H]1[C@H]2C(=O)N(CCCCCO)C(C(=O)N(CC=C)C(C)CCC)C23CC[C@H]1O3. The van der Waals surface area contributed by atoms with Crippen LogP contribution in [0.5, 0.6) is 0 Å². The van der Waals surface area contributed by atoms with Crippen molar-refractivity contribution in [3.05, 3.63) is 25.3 Å². The van der Waals surface area contributed by atoms with Gasteiger partial charge in [-0.05, 0) is 51.9 Å². The van der Waals surface area contributed by atoms with E-state index in [-0.39, 0.29) is 36.5 Å². The van der Waals surface area contributed by atoms with Crippen molar-refractivity contribution in [1.82, 2.24) is 14.7 Å². The molecule has 0 aromatic rings. The summed E-state index contributed by atoms with van der Waals surface area (Å²) in [4.78, 5) is 47.5. The summed E-state index contributed by atoms with van der Waals surface area (Å²) >= 11 is 0. The maximum atomic E-state index is 14.3. The van der Waals surface area contributed by atoms with E-state index in [4.69, 9.17) is 4.74 Å². The van der Waals surface area contributed by atoms with Crippen molar-refractivity contribution < 1.29 is 24.2 Å². The molecule has 0 aliphatic carbocycles. The largest absolute Gasteiger partial charge is 0.396 e. The average molecular weight is 518 g/mol. The van der Waals surface area contributed by atoms with E-state index in [0.717, 1.165) is 25.7 Å². The van der Waals surface area contributed by atoms with Gasteiger partial charge < -0.3 is 24.5 Å². The molecule has 3 aliphatic rings. The van der Waals surface area contributed by atoms with Crippen LogP contribution < -0.4 is 0 Å². The second kappa shape index (κ2) is 13.1. The molecular formula is C29H47N3O5. The third-order valence-corrected chi connectivity index (χ3v) is 8.38. The molecule has 3 rings (SSSR count). The summed E-state index contributed by atoms with van der Waals surface area (Å²) in [5.74, 6) is -1.54. The highest BCUT2D eigenvalue weighted by atomic mass is 16.5. The molecule has 1 N–H and O–H groups in total. The van der Waals surface area contributed by atoms with E-state index in [2.05, 4.69) is 20.1 Å². The lowest BCUT2D eigenvalue weighted by atomic mass is 9.70. The Morgan fingerprint density at radius 2 is 1.89 bits per heavy atom. The van der Waals surface area contributed by atoms with Gasteiger partial charge in [0.05, 0.1) is 17.9 Å². The predicted molar refractivity (Wildman–Crippen MR) is 144 cm³/mol. The van der Waals surface area contributed by atoms with Crippen LogP contribution in [0.15, 0.2) is 25.3 Å². The quantitative estimate of drug-likeness (QED) is 0.251. The Hall–Kier alpha value is -2.19. The van der Waals surface area contributed by atoms with E-state index in [0.29, 0.717) is 51.9 Å². The molecule has 0 radical (unpaired) electrons. The first kappa shape index (κ1) is 29.4. The lowest BCUT2D eigenvalue weighted by Crippen LogP contribution is -2.58. The summed E-state index contributed by atoms with van der Waals surface area (Å²) in [6.07, 6.45) is 9.07. The molecule has 2 bridgehead atoms. The zero-order chi connectivity index (χ0) is 27.2. The van der Waals surface area contributed by atoms with Crippen molar-refractivity contribution in [3.8, 4) is 0 Å². The number of carbonyl (C=O) groups is 3. The number of aliphatic hydroxyl groups is 1. The van der Waals surface area contributed by atoms with E-state index in [1.54, 1.807) is 22.0 Å². The number of rotatable bonds is 16. The third kappa shape index (κ3) is 5.51. The van der Waals surface area contributed by atoms with E-state index in [1.165, 1.54) is 0 Å². The van der Waals surface area contributed by atoms with Crippen LogP contribution in [-0.4, -0.2) is 94.1 Å². The van der Waals surface area contributed by atoms with Gasteiger partial charge in [-0.1, -0.05) is 32.4 Å². The summed E-state index contributed by atoms with van der Waals surface area (Å²) < 4.78 is 6.60. The molecule has 3 heterocycles. The standard InChI is InChI=1S/C29H47N3O5/c1-6-13-21(5)31(18-9-4)28(36)25-29-15-14-22(37-29)23(26(34)30(16-7-2)17-8-3)24(29)27(35)32(25)19-11-10-12-20-33/h7,9,21-25,33H,2,4,6,8,10-20H2,1,3,5H3/t21?,22-,23+,24+,25?,29?/m1/s1. The minimum absolute atomic E-state index is 0.000889. The average Bonchev–Trinajstić information content (AvgIpc) is 3.52. The summed E-state index contributed by atoms with van der Waals surface area (Å²) in [6, 6.07) is -0.749. The Morgan fingerprint density at radius 3 is 2.51 bits per heavy atom. The molecule has 3 saturated heterocycles. The Bertz CT molecular complexity index is 847. The molecule has 208 valence electrons. The smallest absolute Gasteiger partial charge is 0.248 e. The Balaban J connectivity index is 2.00. The molecule has 37 heavy (non-hydrogen) atoms. The number of fused-ring (bicyclic) bond motifs is 1. The number of ether oxygens (including phenoxy) is 1. The number of carbonyl (C=O) groups excluding carboxylic acids is 3. The number of unbranched alkanes of at least 4 members (excludes halogenated alkanes) is 2. The molecular weight excluding hydrogens is 470 g/mol. The van der Waals surface area contributed by atoms with Gasteiger partial charge in [-0.2, -0.15) is 0 Å². The molecule has 0 saturated carbocycles. The number of likely N-dealkylation sites (tertiary alicyclic amines) is 1. The van der Waals surface area contributed by atoms with E-state index >= 15 is 0 Å². The zero-order valence-corrected chi connectivity index (χ0v) is 23.1.